The van der Waals surface area contributed by atoms with Gasteiger partial charge in [-0.1, -0.05) is 0 Å². The van der Waals surface area contributed by atoms with Gasteiger partial charge in [-0.25, -0.2) is 9.18 Å². The monoisotopic (exact) mass is 150 g/mol. The molecule has 4 nitrogen and oxygen atoms in total. The molecule has 1 fully saturated rings. The first-order chi connectivity index (χ1) is 4.75. The number of hydrogen-bond donors (Lipinski definition) is 0. The normalized spacial score (nSPS) is 32.2. The summed E-state index contributed by atoms with van der Waals surface area (Å²) in [5.74, 6) is -0.745. The fraction of sp³-hybridized carbons (Fsp3) is 0.800. The Balaban J connectivity index is 2.46. The van der Waals surface area contributed by atoms with E-state index in [0.29, 0.717) is 0 Å². The summed E-state index contributed by atoms with van der Waals surface area (Å²) in [5.41, 5.74) is 0. The average Bonchev–Trinajstić information content (AvgIpc) is 2.34. The van der Waals surface area contributed by atoms with Gasteiger partial charge in [-0.3, -0.25) is 0 Å². The van der Waals surface area contributed by atoms with Crippen molar-refractivity contribution < 1.29 is 23.4 Å². The second-order valence-corrected chi connectivity index (χ2v) is 1.75. The van der Waals surface area contributed by atoms with Crippen LogP contribution in [-0.4, -0.2) is 32.3 Å². The lowest BCUT2D eigenvalue weighted by atomic mass is 10.4. The van der Waals surface area contributed by atoms with Crippen molar-refractivity contribution in [2.75, 3.05) is 13.9 Å². The minimum absolute atomic E-state index is 0.194. The number of halogens is 1. The topological polar surface area (TPSA) is 44.8 Å². The van der Waals surface area contributed by atoms with Crippen LogP contribution in [0.5, 0.6) is 0 Å². The van der Waals surface area contributed by atoms with Crippen LogP contribution in [0.25, 0.3) is 0 Å². The van der Waals surface area contributed by atoms with Crippen LogP contribution in [0.15, 0.2) is 0 Å². The van der Waals surface area contributed by atoms with E-state index in [1.165, 1.54) is 0 Å². The number of alkyl halides is 1. The van der Waals surface area contributed by atoms with E-state index in [1.807, 2.05) is 0 Å². The molecule has 2 unspecified atom stereocenters. The maximum Gasteiger partial charge on any atom is 0.340 e. The summed E-state index contributed by atoms with van der Waals surface area (Å²) in [6.07, 6.45) is -2.89. The summed E-state index contributed by atoms with van der Waals surface area (Å²) < 4.78 is 25.4. The van der Waals surface area contributed by atoms with E-state index in [2.05, 4.69) is 14.2 Å². The Kier molecular flexibility index (Phi) is 2.18. The highest BCUT2D eigenvalue weighted by atomic mass is 19.1. The molecule has 5 heteroatoms. The SMILES string of the molecule is COC(=O)C1OCOC1F. The van der Waals surface area contributed by atoms with Gasteiger partial charge >= 0.3 is 5.97 Å². The number of hydrogen-bond acceptors (Lipinski definition) is 4. The first-order valence-electron chi connectivity index (χ1n) is 2.71. The van der Waals surface area contributed by atoms with Crippen LogP contribution in [0, 0.1) is 0 Å². The molecular weight excluding hydrogens is 143 g/mol. The Morgan fingerprint density at radius 3 is 2.80 bits per heavy atom. The van der Waals surface area contributed by atoms with Gasteiger partial charge in [0.05, 0.1) is 7.11 Å². The van der Waals surface area contributed by atoms with Crippen molar-refractivity contribution in [1.29, 1.82) is 0 Å². The largest absolute Gasteiger partial charge is 0.467 e. The Bertz CT molecular complexity index is 138. The number of esters is 1. The molecule has 0 saturated carbocycles. The molecule has 0 bridgehead atoms. The summed E-state index contributed by atoms with van der Waals surface area (Å²) in [5, 5.41) is 0. The zero-order valence-corrected chi connectivity index (χ0v) is 5.37. The number of carbonyl (C=O) groups excluding carboxylic acids is 1. The van der Waals surface area contributed by atoms with Crippen LogP contribution in [0.2, 0.25) is 0 Å². The number of methoxy groups -OCH3 is 1. The van der Waals surface area contributed by atoms with Crippen LogP contribution < -0.4 is 0 Å². The summed E-state index contributed by atoms with van der Waals surface area (Å²) >= 11 is 0. The summed E-state index contributed by atoms with van der Waals surface area (Å²) in [4.78, 5) is 10.6. The Morgan fingerprint density at radius 2 is 2.40 bits per heavy atom. The smallest absolute Gasteiger partial charge is 0.340 e. The second kappa shape index (κ2) is 2.94. The summed E-state index contributed by atoms with van der Waals surface area (Å²) in [7, 11) is 1.16. The standard InChI is InChI=1S/C5H7FO4/c1-8-5(7)3-4(6)10-2-9-3/h3-4H,2H2,1H3. The molecule has 58 valence electrons. The van der Waals surface area contributed by atoms with Crippen LogP contribution in [0.3, 0.4) is 0 Å². The van der Waals surface area contributed by atoms with E-state index in [0.717, 1.165) is 7.11 Å². The third-order valence-corrected chi connectivity index (χ3v) is 1.15. The minimum Gasteiger partial charge on any atom is -0.467 e. The summed E-state index contributed by atoms with van der Waals surface area (Å²) in [6.45, 7) is -0.194. The van der Waals surface area contributed by atoms with Crippen molar-refractivity contribution in [3.05, 3.63) is 0 Å². The minimum atomic E-state index is -1.69. The number of rotatable bonds is 1. The van der Waals surface area contributed by atoms with E-state index in [4.69, 9.17) is 0 Å². The maximum atomic E-state index is 12.4. The molecule has 0 amide bonds. The molecule has 0 aromatic heterocycles. The van der Waals surface area contributed by atoms with Crippen molar-refractivity contribution in [1.82, 2.24) is 0 Å². The molecule has 0 aromatic rings. The van der Waals surface area contributed by atoms with Crippen LogP contribution in [0.1, 0.15) is 0 Å². The van der Waals surface area contributed by atoms with Crippen molar-refractivity contribution in [2.24, 2.45) is 0 Å². The maximum absolute atomic E-state index is 12.4. The quantitative estimate of drug-likeness (QED) is 0.487. The van der Waals surface area contributed by atoms with Gasteiger partial charge in [0.15, 0.2) is 6.79 Å². The van der Waals surface area contributed by atoms with Crippen molar-refractivity contribution >= 4 is 5.97 Å². The molecule has 1 aliphatic rings. The molecule has 0 radical (unpaired) electrons. The fourth-order valence-corrected chi connectivity index (χ4v) is 0.632. The molecule has 0 spiro atoms. The highest BCUT2D eigenvalue weighted by Crippen LogP contribution is 2.14. The zero-order chi connectivity index (χ0) is 7.56. The van der Waals surface area contributed by atoms with Gasteiger partial charge in [0.2, 0.25) is 12.5 Å². The van der Waals surface area contributed by atoms with Gasteiger partial charge in [-0.15, -0.1) is 0 Å². The van der Waals surface area contributed by atoms with Crippen LogP contribution in [-0.2, 0) is 19.0 Å². The van der Waals surface area contributed by atoms with Crippen molar-refractivity contribution in [3.63, 3.8) is 0 Å². The van der Waals surface area contributed by atoms with E-state index < -0.39 is 18.4 Å². The first kappa shape index (κ1) is 7.43. The van der Waals surface area contributed by atoms with Gasteiger partial charge in [0.1, 0.15) is 0 Å². The fourth-order valence-electron chi connectivity index (χ4n) is 0.632. The number of carbonyl (C=O) groups is 1. The lowest BCUT2D eigenvalue weighted by Crippen LogP contribution is -2.29. The van der Waals surface area contributed by atoms with Gasteiger partial charge in [0, 0.05) is 0 Å². The third kappa shape index (κ3) is 1.25. The van der Waals surface area contributed by atoms with Gasteiger partial charge < -0.3 is 14.2 Å². The van der Waals surface area contributed by atoms with E-state index in [1.54, 1.807) is 0 Å². The third-order valence-electron chi connectivity index (χ3n) is 1.15. The molecule has 2 atom stereocenters. The van der Waals surface area contributed by atoms with Gasteiger partial charge in [0.25, 0.3) is 0 Å². The first-order valence-corrected chi connectivity index (χ1v) is 2.71. The second-order valence-electron chi connectivity index (χ2n) is 1.75. The molecule has 0 aromatic carbocycles. The van der Waals surface area contributed by atoms with Gasteiger partial charge in [-0.05, 0) is 0 Å². The Hall–Kier alpha value is -0.680. The van der Waals surface area contributed by atoms with E-state index >= 15 is 0 Å². The predicted molar refractivity (Wildman–Crippen MR) is 27.7 cm³/mol. The highest BCUT2D eigenvalue weighted by Gasteiger charge is 2.36. The lowest BCUT2D eigenvalue weighted by Gasteiger charge is -2.05. The number of ether oxygens (including phenoxy) is 3. The molecule has 10 heavy (non-hydrogen) atoms. The molecule has 0 N–H and O–H groups in total. The van der Waals surface area contributed by atoms with E-state index in [9.17, 15) is 9.18 Å². The molecule has 1 saturated heterocycles. The lowest BCUT2D eigenvalue weighted by molar-refractivity contribution is -0.153. The highest BCUT2D eigenvalue weighted by molar-refractivity contribution is 5.75. The van der Waals surface area contributed by atoms with Crippen molar-refractivity contribution in [2.45, 2.75) is 12.5 Å². The molecule has 1 rings (SSSR count). The van der Waals surface area contributed by atoms with Crippen molar-refractivity contribution in [3.8, 4) is 0 Å². The molecule has 1 heterocycles. The summed E-state index contributed by atoms with van der Waals surface area (Å²) in [6, 6.07) is 0. The van der Waals surface area contributed by atoms with Gasteiger partial charge in [-0.2, -0.15) is 0 Å². The average molecular weight is 150 g/mol. The Morgan fingerprint density at radius 1 is 1.70 bits per heavy atom. The Labute approximate surface area is 56.9 Å². The molecular formula is C5H7FO4. The van der Waals surface area contributed by atoms with Crippen LogP contribution >= 0.6 is 0 Å². The predicted octanol–water partition coefficient (Wildman–Crippen LogP) is -0.172. The van der Waals surface area contributed by atoms with Crippen LogP contribution in [0.4, 0.5) is 4.39 Å². The zero-order valence-electron chi connectivity index (χ0n) is 5.37. The molecule has 0 aliphatic carbocycles. The molecule has 1 aliphatic heterocycles. The van der Waals surface area contributed by atoms with E-state index in [-0.39, 0.29) is 6.79 Å².